The van der Waals surface area contributed by atoms with Gasteiger partial charge in [0.05, 0.1) is 18.2 Å². The minimum absolute atomic E-state index is 0.0261. The molecule has 5 aliphatic rings. The Bertz CT molecular complexity index is 1740. The van der Waals surface area contributed by atoms with Crippen molar-refractivity contribution in [3.05, 3.63) is 71.8 Å². The van der Waals surface area contributed by atoms with Crippen molar-refractivity contribution in [1.82, 2.24) is 4.90 Å². The van der Waals surface area contributed by atoms with E-state index in [0.717, 1.165) is 67.4 Å². The molecular formula is C45H60N2O9. The smallest absolute Gasteiger partial charge is 0.239 e. The van der Waals surface area contributed by atoms with E-state index in [1.54, 1.807) is 12.1 Å². The molecule has 3 N–H and O–H groups in total. The molecule has 11 nitrogen and oxygen atoms in total. The van der Waals surface area contributed by atoms with Gasteiger partial charge in [-0.1, -0.05) is 61.9 Å². The van der Waals surface area contributed by atoms with E-state index in [2.05, 4.69) is 12.7 Å². The van der Waals surface area contributed by atoms with E-state index in [4.69, 9.17) is 28.9 Å². The van der Waals surface area contributed by atoms with Gasteiger partial charge in [-0.2, -0.15) is 0 Å². The number of oxime groups is 1. The molecule has 2 saturated carbocycles. The Balaban J connectivity index is 1.40. The van der Waals surface area contributed by atoms with Crippen LogP contribution in [0.3, 0.4) is 0 Å². The van der Waals surface area contributed by atoms with Crippen LogP contribution < -0.4 is 14.2 Å². The van der Waals surface area contributed by atoms with E-state index in [1.807, 2.05) is 42.2 Å². The summed E-state index contributed by atoms with van der Waals surface area (Å²) in [5, 5.41) is 35.4. The normalized spacial score (nSPS) is 26.9. The third-order valence-electron chi connectivity index (χ3n) is 12.7. The van der Waals surface area contributed by atoms with Crippen molar-refractivity contribution in [2.75, 3.05) is 33.2 Å². The summed E-state index contributed by atoms with van der Waals surface area (Å²) in [6, 6.07) is 10.5. The molecule has 2 aliphatic heterocycles. The van der Waals surface area contributed by atoms with Gasteiger partial charge >= 0.3 is 0 Å². The first-order valence-electron chi connectivity index (χ1n) is 21.0. The molecule has 0 radical (unpaired) electrons. The minimum atomic E-state index is -1.36. The summed E-state index contributed by atoms with van der Waals surface area (Å²) in [6.07, 6.45) is 15.1. The van der Waals surface area contributed by atoms with Crippen molar-refractivity contribution in [3.8, 4) is 23.0 Å². The third-order valence-corrected chi connectivity index (χ3v) is 12.7. The summed E-state index contributed by atoms with van der Waals surface area (Å²) < 4.78 is 25.8. The molecule has 11 heteroatoms. The number of fused-ring (bicyclic) bond motifs is 3. The van der Waals surface area contributed by atoms with Crippen LogP contribution in [0.25, 0.3) is 0 Å². The van der Waals surface area contributed by atoms with Gasteiger partial charge in [-0.25, -0.2) is 0 Å². The number of nitrogens with zero attached hydrogens (tertiary/aromatic N) is 2. The number of ether oxygens (including phenoxy) is 4. The van der Waals surface area contributed by atoms with E-state index in [1.165, 1.54) is 12.8 Å². The second-order valence-corrected chi connectivity index (χ2v) is 16.1. The van der Waals surface area contributed by atoms with Crippen molar-refractivity contribution < 1.29 is 43.9 Å². The number of aliphatic hydroxyl groups excluding tert-OH is 2. The molecular weight excluding hydrogens is 713 g/mol. The Hall–Kier alpha value is -4.06. The lowest BCUT2D eigenvalue weighted by molar-refractivity contribution is -0.258. The van der Waals surface area contributed by atoms with Gasteiger partial charge < -0.3 is 44.0 Å². The van der Waals surface area contributed by atoms with Gasteiger partial charge in [0.2, 0.25) is 18.5 Å². The zero-order valence-corrected chi connectivity index (χ0v) is 32.9. The lowest BCUT2D eigenvalue weighted by atomic mass is 9.55. The molecule has 0 unspecified atom stereocenters. The maximum Gasteiger partial charge on any atom is 0.239 e. The molecule has 6 atom stereocenters. The van der Waals surface area contributed by atoms with Crippen molar-refractivity contribution in [2.45, 2.75) is 115 Å². The van der Waals surface area contributed by atoms with E-state index >= 15 is 0 Å². The largest absolute Gasteiger partial charge is 0.508 e. The van der Waals surface area contributed by atoms with Gasteiger partial charge in [-0.15, -0.1) is 6.58 Å². The lowest BCUT2D eigenvalue weighted by Gasteiger charge is -2.60. The maximum absolute atomic E-state index is 15.0. The molecule has 3 aliphatic carbocycles. The number of benzene rings is 2. The zero-order chi connectivity index (χ0) is 39.1. The van der Waals surface area contributed by atoms with E-state index in [-0.39, 0.29) is 62.6 Å². The van der Waals surface area contributed by atoms with Crippen molar-refractivity contribution in [2.24, 2.45) is 28.8 Å². The SMILES string of the molecule is C=CCO[C@@]12Oc3ccc(O)cc3[C@H]3[C@H](CCCCO)[C@@H](CCCCO)C=C(C(=NOCC)C[C@@H]1N(Cc1ccc4c(c1)OCO4)C(=O)CCC1CCCC1)[C@H]32. The Morgan fingerprint density at radius 2 is 1.77 bits per heavy atom. The Morgan fingerprint density at radius 1 is 1.00 bits per heavy atom. The van der Waals surface area contributed by atoms with E-state index in [0.29, 0.717) is 55.5 Å². The molecule has 2 fully saturated rings. The van der Waals surface area contributed by atoms with Gasteiger partial charge in [0.15, 0.2) is 11.5 Å². The number of rotatable bonds is 19. The lowest BCUT2D eigenvalue weighted by Crippen LogP contribution is -2.70. The second-order valence-electron chi connectivity index (χ2n) is 16.1. The molecule has 304 valence electrons. The molecule has 0 aromatic heterocycles. The van der Waals surface area contributed by atoms with Crippen LogP contribution in [0.2, 0.25) is 0 Å². The number of aliphatic hydroxyl groups is 2. The highest BCUT2D eigenvalue weighted by Gasteiger charge is 2.65. The average molecular weight is 773 g/mol. The van der Waals surface area contributed by atoms with Crippen LogP contribution in [0, 0.1) is 23.7 Å². The number of carbonyl (C=O) groups is 1. The highest BCUT2D eigenvalue weighted by molar-refractivity contribution is 6.03. The maximum atomic E-state index is 15.0. The summed E-state index contributed by atoms with van der Waals surface area (Å²) in [7, 11) is 0. The Kier molecular flexibility index (Phi) is 13.2. The number of hydrogen-bond acceptors (Lipinski definition) is 10. The quantitative estimate of drug-likeness (QED) is 0.0743. The van der Waals surface area contributed by atoms with Crippen LogP contribution in [0.5, 0.6) is 23.0 Å². The number of phenols is 1. The highest BCUT2D eigenvalue weighted by Crippen LogP contribution is 2.62. The molecule has 1 amide bonds. The van der Waals surface area contributed by atoms with Crippen LogP contribution in [0.1, 0.15) is 107 Å². The van der Waals surface area contributed by atoms with Crippen LogP contribution in [-0.4, -0.2) is 76.9 Å². The van der Waals surface area contributed by atoms with Crippen LogP contribution in [-0.2, 0) is 20.9 Å². The summed E-state index contributed by atoms with van der Waals surface area (Å²) in [5.74, 6) is 0.877. The number of amides is 1. The summed E-state index contributed by atoms with van der Waals surface area (Å²) in [4.78, 5) is 22.8. The highest BCUT2D eigenvalue weighted by atomic mass is 16.7. The first-order chi connectivity index (χ1) is 27.4. The first kappa shape index (κ1) is 40.1. The second kappa shape index (κ2) is 18.5. The van der Waals surface area contributed by atoms with Gasteiger partial charge in [0, 0.05) is 44.1 Å². The number of phenolic OH excluding ortho intramolecular Hbond substituents is 1. The fraction of sp³-hybridized carbons (Fsp3) is 0.600. The molecule has 2 aromatic carbocycles. The number of hydrogen-bond donors (Lipinski definition) is 3. The molecule has 0 spiro atoms. The fourth-order valence-electron chi connectivity index (χ4n) is 10.2. The predicted octanol–water partition coefficient (Wildman–Crippen LogP) is 7.77. The average Bonchev–Trinajstić information content (AvgIpc) is 3.91. The van der Waals surface area contributed by atoms with Crippen LogP contribution >= 0.6 is 0 Å². The summed E-state index contributed by atoms with van der Waals surface area (Å²) in [6.45, 7) is 7.19. The van der Waals surface area contributed by atoms with Gasteiger partial charge in [-0.3, -0.25) is 4.79 Å². The van der Waals surface area contributed by atoms with Crippen LogP contribution in [0.4, 0.5) is 0 Å². The molecule has 0 saturated heterocycles. The minimum Gasteiger partial charge on any atom is -0.508 e. The third kappa shape index (κ3) is 8.31. The molecule has 0 bridgehead atoms. The number of allylic oxidation sites excluding steroid dienone is 1. The standard InChI is InChI=1S/C45H60N2O9/c1-3-23-54-45-41(47(42(51)20-16-30-11-5-6-12-30)28-31-15-18-39-40(24-31)53-29-52-39)27-37(46-55-4-2)35-25-32(13-7-9-21-48)34(14-8-10-22-49)43(44(35)45)36-26-33(50)17-19-38(36)56-45/h3,15,17-19,24-26,30,32,34,41,43-44,48-50H,1,4-14,16,20-23,27-29H2,2H3/t32-,34+,41-,43+,44+,45+/m0/s1. The predicted molar refractivity (Wildman–Crippen MR) is 213 cm³/mol. The molecule has 7 rings (SSSR count). The van der Waals surface area contributed by atoms with Crippen molar-refractivity contribution >= 4 is 11.6 Å². The van der Waals surface area contributed by atoms with Gasteiger partial charge in [-0.05, 0) is 98.2 Å². The fourth-order valence-corrected chi connectivity index (χ4v) is 10.2. The van der Waals surface area contributed by atoms with E-state index < -0.39 is 17.7 Å². The Labute approximate surface area is 331 Å². The monoisotopic (exact) mass is 772 g/mol. The number of unbranched alkanes of at least 4 members (excludes halogenated alkanes) is 2. The molecule has 56 heavy (non-hydrogen) atoms. The van der Waals surface area contributed by atoms with Gasteiger partial charge in [0.25, 0.3) is 0 Å². The molecule has 2 aromatic rings. The zero-order valence-electron chi connectivity index (χ0n) is 32.9. The topological polar surface area (TPSA) is 140 Å². The summed E-state index contributed by atoms with van der Waals surface area (Å²) in [5.41, 5.74) is 3.54. The first-order valence-corrected chi connectivity index (χ1v) is 21.0. The van der Waals surface area contributed by atoms with Gasteiger partial charge in [0.1, 0.15) is 24.1 Å². The van der Waals surface area contributed by atoms with E-state index in [9.17, 15) is 20.1 Å². The Morgan fingerprint density at radius 3 is 2.54 bits per heavy atom. The number of aromatic hydroxyl groups is 1. The molecule has 2 heterocycles. The summed E-state index contributed by atoms with van der Waals surface area (Å²) >= 11 is 0. The van der Waals surface area contributed by atoms with Crippen molar-refractivity contribution in [1.29, 1.82) is 0 Å². The van der Waals surface area contributed by atoms with Crippen LogP contribution in [0.15, 0.2) is 65.9 Å². The number of carbonyl (C=O) groups excluding carboxylic acids is 1. The van der Waals surface area contributed by atoms with Crippen molar-refractivity contribution in [3.63, 3.8) is 0 Å².